The Morgan fingerprint density at radius 2 is 1.07 bits per heavy atom. The molecule has 0 amide bonds. The summed E-state index contributed by atoms with van der Waals surface area (Å²) in [6.45, 7) is 2.05. The highest BCUT2D eigenvalue weighted by molar-refractivity contribution is 7.14. The van der Waals surface area contributed by atoms with Gasteiger partial charge in [0.25, 0.3) is 0 Å². The van der Waals surface area contributed by atoms with E-state index in [4.69, 9.17) is 33.9 Å². The number of fused-ring (bicyclic) bond motifs is 3. The van der Waals surface area contributed by atoms with Gasteiger partial charge in [-0.2, -0.15) is 0 Å². The summed E-state index contributed by atoms with van der Waals surface area (Å²) >= 11 is 3.10. The van der Waals surface area contributed by atoms with E-state index in [0.717, 1.165) is 60.6 Å². The highest BCUT2D eigenvalue weighted by atomic mass is 32.1. The maximum atomic E-state index is 6.06. The monoisotopic (exact) mass is 563 g/mol. The quantitative estimate of drug-likeness (QED) is 0.222. The molecule has 2 aromatic carbocycles. The summed E-state index contributed by atoms with van der Waals surface area (Å²) in [7, 11) is 0. The van der Waals surface area contributed by atoms with Crippen LogP contribution in [-0.4, -0.2) is 41.4 Å². The fourth-order valence-electron chi connectivity index (χ4n) is 5.04. The third kappa shape index (κ3) is 3.81. The molecule has 6 heterocycles. The van der Waals surface area contributed by atoms with Crippen LogP contribution < -0.4 is 18.9 Å². The minimum absolute atomic E-state index is 0.491. The number of benzene rings is 2. The Morgan fingerprint density at radius 1 is 0.550 bits per heavy atom. The van der Waals surface area contributed by atoms with Gasteiger partial charge in [-0.3, -0.25) is 4.98 Å². The molecule has 0 fully saturated rings. The first-order valence-corrected chi connectivity index (χ1v) is 14.7. The molecule has 2 aliphatic heterocycles. The predicted molar refractivity (Wildman–Crippen MR) is 157 cm³/mol. The van der Waals surface area contributed by atoms with Crippen LogP contribution in [-0.2, 0) is 0 Å². The summed E-state index contributed by atoms with van der Waals surface area (Å²) in [5, 5.41) is 3.95. The Kier molecular flexibility index (Phi) is 5.63. The Morgan fingerprint density at radius 3 is 1.70 bits per heavy atom. The lowest BCUT2D eigenvalue weighted by Gasteiger charge is -2.18. The smallest absolute Gasteiger partial charge is 0.181 e. The van der Waals surface area contributed by atoms with Crippen LogP contribution in [0.1, 0.15) is 0 Å². The molecule has 196 valence electrons. The number of hydrogen-bond acceptors (Lipinski definition) is 9. The van der Waals surface area contributed by atoms with Crippen LogP contribution in [0, 0.1) is 0 Å². The van der Waals surface area contributed by atoms with E-state index in [0.29, 0.717) is 43.4 Å². The van der Waals surface area contributed by atoms with Crippen molar-refractivity contribution < 1.29 is 18.9 Å². The van der Waals surface area contributed by atoms with E-state index in [2.05, 4.69) is 24.3 Å². The molecule has 0 bridgehead atoms. The second kappa shape index (κ2) is 9.62. The zero-order valence-corrected chi connectivity index (χ0v) is 22.8. The fourth-order valence-corrected chi connectivity index (χ4v) is 6.91. The molecule has 0 radical (unpaired) electrons. The van der Waals surface area contributed by atoms with Gasteiger partial charge in [-0.15, -0.1) is 22.7 Å². The number of hydrogen-bond donors (Lipinski definition) is 0. The molecule has 0 atom stereocenters. The second-order valence-electron chi connectivity index (χ2n) is 9.28. The van der Waals surface area contributed by atoms with E-state index < -0.39 is 0 Å². The normalized spacial score (nSPS) is 13.9. The van der Waals surface area contributed by atoms with Gasteiger partial charge in [0.2, 0.25) is 0 Å². The van der Waals surface area contributed by atoms with Gasteiger partial charge in [0, 0.05) is 33.6 Å². The molecule has 8 rings (SSSR count). The van der Waals surface area contributed by atoms with E-state index >= 15 is 0 Å². The van der Waals surface area contributed by atoms with Crippen molar-refractivity contribution in [2.75, 3.05) is 26.4 Å². The number of nitrogens with zero attached hydrogens (tertiary/aromatic N) is 3. The Bertz CT molecular complexity index is 1730. The van der Waals surface area contributed by atoms with Gasteiger partial charge >= 0.3 is 0 Å². The average Bonchev–Trinajstić information content (AvgIpc) is 3.65. The van der Waals surface area contributed by atoms with Gasteiger partial charge in [-0.1, -0.05) is 60.7 Å². The van der Waals surface area contributed by atoms with Crippen LogP contribution in [0.3, 0.4) is 0 Å². The summed E-state index contributed by atoms with van der Waals surface area (Å²) in [5.41, 5.74) is 6.53. The van der Waals surface area contributed by atoms with Crippen LogP contribution in [0.5, 0.6) is 23.0 Å². The predicted octanol–water partition coefficient (Wildman–Crippen LogP) is 7.36. The number of pyridine rings is 1. The Labute approximate surface area is 237 Å². The third-order valence-corrected chi connectivity index (χ3v) is 8.77. The molecule has 2 aliphatic rings. The van der Waals surface area contributed by atoms with Gasteiger partial charge in [-0.25, -0.2) is 9.97 Å². The standard InChI is InChI=1S/C31H21N3O4S2/c1-3-7-18(8-4-1)23-24(19-9-5-2-6-10-19)34-26-25(33-23)20(30-28-21(16-39-30)35-11-13-37-28)15-32-27(26)31-29-22(17-40-31)36-12-14-38-29/h1-10,15-17H,11-14H2. The number of aromatic nitrogens is 3. The number of ether oxygens (including phenoxy) is 4. The number of thiophene rings is 2. The molecule has 40 heavy (non-hydrogen) atoms. The highest BCUT2D eigenvalue weighted by Crippen LogP contribution is 2.50. The van der Waals surface area contributed by atoms with Gasteiger partial charge in [0.15, 0.2) is 23.0 Å². The summed E-state index contributed by atoms with van der Waals surface area (Å²) in [4.78, 5) is 17.5. The molecule has 0 spiro atoms. The minimum atomic E-state index is 0.491. The molecule has 0 saturated heterocycles. The molecular weight excluding hydrogens is 542 g/mol. The summed E-state index contributed by atoms with van der Waals surface area (Å²) in [5.74, 6) is 2.92. The summed E-state index contributed by atoms with van der Waals surface area (Å²) in [6.07, 6.45) is 1.86. The topological polar surface area (TPSA) is 75.6 Å². The maximum Gasteiger partial charge on any atom is 0.181 e. The fraction of sp³-hybridized carbons (Fsp3) is 0.129. The summed E-state index contributed by atoms with van der Waals surface area (Å²) in [6, 6.07) is 20.3. The average molecular weight is 564 g/mol. The molecule has 9 heteroatoms. The van der Waals surface area contributed by atoms with Crippen molar-refractivity contribution >= 4 is 33.7 Å². The van der Waals surface area contributed by atoms with Gasteiger partial charge in [0.05, 0.1) is 16.3 Å². The van der Waals surface area contributed by atoms with Crippen LogP contribution in [0.25, 0.3) is 54.6 Å². The summed E-state index contributed by atoms with van der Waals surface area (Å²) < 4.78 is 23.8. The van der Waals surface area contributed by atoms with E-state index in [9.17, 15) is 0 Å². The first kappa shape index (κ1) is 23.4. The molecule has 6 aromatic rings. The molecule has 0 unspecified atom stereocenters. The second-order valence-corrected chi connectivity index (χ2v) is 11.0. The lowest BCUT2D eigenvalue weighted by molar-refractivity contribution is 0.174. The van der Waals surface area contributed by atoms with Crippen LogP contribution in [0.2, 0.25) is 0 Å². The molecule has 0 saturated carbocycles. The van der Waals surface area contributed by atoms with E-state index in [1.165, 1.54) is 11.3 Å². The molecule has 0 aliphatic carbocycles. The van der Waals surface area contributed by atoms with Crippen LogP contribution >= 0.6 is 22.7 Å². The zero-order chi connectivity index (χ0) is 26.5. The van der Waals surface area contributed by atoms with Gasteiger partial charge in [0.1, 0.15) is 48.0 Å². The van der Waals surface area contributed by atoms with Crippen molar-refractivity contribution in [3.63, 3.8) is 0 Å². The molecule has 7 nitrogen and oxygen atoms in total. The van der Waals surface area contributed by atoms with Gasteiger partial charge < -0.3 is 18.9 Å². The lowest BCUT2D eigenvalue weighted by atomic mass is 10.0. The first-order valence-electron chi connectivity index (χ1n) is 12.9. The molecule has 4 aromatic heterocycles. The van der Waals surface area contributed by atoms with Crippen LogP contribution in [0.4, 0.5) is 0 Å². The van der Waals surface area contributed by atoms with Gasteiger partial charge in [-0.05, 0) is 0 Å². The molecular formula is C31H21N3O4S2. The largest absolute Gasteiger partial charge is 0.485 e. The van der Waals surface area contributed by atoms with E-state index in [-0.39, 0.29) is 0 Å². The van der Waals surface area contributed by atoms with Crippen molar-refractivity contribution in [1.29, 1.82) is 0 Å². The Balaban J connectivity index is 1.46. The van der Waals surface area contributed by atoms with Crippen LogP contribution in [0.15, 0.2) is 77.6 Å². The van der Waals surface area contributed by atoms with Crippen molar-refractivity contribution in [1.82, 2.24) is 15.0 Å². The van der Waals surface area contributed by atoms with Crippen molar-refractivity contribution in [3.8, 4) is 66.5 Å². The maximum absolute atomic E-state index is 6.06. The highest BCUT2D eigenvalue weighted by Gasteiger charge is 2.28. The first-order chi connectivity index (χ1) is 19.8. The number of rotatable bonds is 4. The van der Waals surface area contributed by atoms with E-state index in [1.807, 2.05) is 53.4 Å². The van der Waals surface area contributed by atoms with Crippen molar-refractivity contribution in [2.24, 2.45) is 0 Å². The third-order valence-electron chi connectivity index (χ3n) is 6.85. The van der Waals surface area contributed by atoms with Crippen molar-refractivity contribution in [2.45, 2.75) is 0 Å². The SMILES string of the molecule is c1ccc(-c2nc3c(-c4scc5c4OCCO5)cnc(-c4scc5c4OCCO5)c3nc2-c2ccccc2)cc1. The zero-order valence-electron chi connectivity index (χ0n) is 21.1. The van der Waals surface area contributed by atoms with Crippen molar-refractivity contribution in [3.05, 3.63) is 77.6 Å². The minimum Gasteiger partial charge on any atom is -0.485 e. The Hall–Kier alpha value is -4.47. The molecule has 0 N–H and O–H groups in total. The lowest BCUT2D eigenvalue weighted by Crippen LogP contribution is -2.14. The van der Waals surface area contributed by atoms with E-state index in [1.54, 1.807) is 11.3 Å².